The third-order valence-electron chi connectivity index (χ3n) is 6.29. The van der Waals surface area contributed by atoms with Gasteiger partial charge in [0, 0.05) is 31.8 Å². The summed E-state index contributed by atoms with van der Waals surface area (Å²) in [6.45, 7) is 10.5. The summed E-state index contributed by atoms with van der Waals surface area (Å²) in [6, 6.07) is 11.6. The van der Waals surface area contributed by atoms with Crippen molar-refractivity contribution in [1.29, 1.82) is 5.26 Å². The number of amides is 1. The van der Waals surface area contributed by atoms with E-state index >= 15 is 0 Å². The van der Waals surface area contributed by atoms with Gasteiger partial charge in [-0.3, -0.25) is 15.2 Å². The Kier molecular flexibility index (Phi) is 7.82. The van der Waals surface area contributed by atoms with Crippen molar-refractivity contribution in [2.24, 2.45) is 5.41 Å². The topological polar surface area (TPSA) is 112 Å². The van der Waals surface area contributed by atoms with Crippen molar-refractivity contribution < 1.29 is 9.53 Å². The third-order valence-corrected chi connectivity index (χ3v) is 6.29. The molecule has 0 unspecified atom stereocenters. The highest BCUT2D eigenvalue weighted by Gasteiger charge is 2.25. The van der Waals surface area contributed by atoms with E-state index in [-0.39, 0.29) is 17.1 Å². The summed E-state index contributed by atoms with van der Waals surface area (Å²) in [6.07, 6.45) is 3.79. The third kappa shape index (κ3) is 6.17. The molecule has 0 atom stereocenters. The first-order valence-electron chi connectivity index (χ1n) is 12.3. The van der Waals surface area contributed by atoms with Gasteiger partial charge in [0.25, 0.3) is 5.91 Å². The Morgan fingerprint density at radius 3 is 2.56 bits per heavy atom. The largest absolute Gasteiger partial charge is 0.383 e. The fourth-order valence-electron chi connectivity index (χ4n) is 4.47. The predicted octanol–water partition coefficient (Wildman–Crippen LogP) is 3.02. The fraction of sp³-hybridized carbons (Fsp3) is 0.500. The van der Waals surface area contributed by atoms with E-state index in [1.54, 1.807) is 24.4 Å². The number of nitrogens with zero attached hydrogens (tertiary/aromatic N) is 7. The molecule has 0 radical (unpaired) electrons. The van der Waals surface area contributed by atoms with E-state index in [2.05, 4.69) is 58.3 Å². The Hall–Kier alpha value is -3.55. The zero-order valence-electron chi connectivity index (χ0n) is 21.4. The van der Waals surface area contributed by atoms with Gasteiger partial charge in [0.05, 0.1) is 12.8 Å². The van der Waals surface area contributed by atoms with Crippen molar-refractivity contribution >= 4 is 17.5 Å². The highest BCUT2D eigenvalue weighted by atomic mass is 16.5. The number of carbonyl (C=O) groups excluding carboxylic acids is 1. The monoisotopic (exact) mass is 490 g/mol. The Morgan fingerprint density at radius 1 is 1.19 bits per heavy atom. The van der Waals surface area contributed by atoms with E-state index in [0.29, 0.717) is 29.6 Å². The molecule has 1 aromatic carbocycles. The number of piperidine rings is 1. The van der Waals surface area contributed by atoms with Crippen LogP contribution in [0.3, 0.4) is 0 Å². The highest BCUT2D eigenvalue weighted by molar-refractivity contribution is 5.95. The van der Waals surface area contributed by atoms with Gasteiger partial charge in [-0.2, -0.15) is 24.8 Å². The molecule has 4 rings (SSSR count). The van der Waals surface area contributed by atoms with Crippen LogP contribution < -0.4 is 10.4 Å². The number of hydrogen-bond donors (Lipinski definition) is 1. The Balaban J connectivity index is 1.49. The molecule has 1 saturated heterocycles. The van der Waals surface area contributed by atoms with Crippen molar-refractivity contribution in [2.75, 3.05) is 44.9 Å². The lowest BCUT2D eigenvalue weighted by molar-refractivity contribution is 0.0944. The molecule has 36 heavy (non-hydrogen) atoms. The van der Waals surface area contributed by atoms with Crippen LogP contribution in [0.2, 0.25) is 0 Å². The molecule has 0 bridgehead atoms. The van der Waals surface area contributed by atoms with Crippen LogP contribution in [0.1, 0.15) is 61.3 Å². The van der Waals surface area contributed by atoms with Crippen LogP contribution >= 0.6 is 0 Å². The van der Waals surface area contributed by atoms with Crippen LogP contribution in [0.4, 0.5) is 5.95 Å². The molecule has 0 spiro atoms. The molecule has 2 aromatic heterocycles. The maximum absolute atomic E-state index is 13.3. The molecule has 3 aromatic rings. The summed E-state index contributed by atoms with van der Waals surface area (Å²) in [4.78, 5) is 24.2. The number of fused-ring (bicyclic) bond motifs is 1. The van der Waals surface area contributed by atoms with Gasteiger partial charge < -0.3 is 9.64 Å². The smallest absolute Gasteiger partial charge is 0.269 e. The molecule has 0 saturated carbocycles. The normalized spacial score (nSPS) is 15.1. The van der Waals surface area contributed by atoms with E-state index in [9.17, 15) is 10.1 Å². The van der Waals surface area contributed by atoms with E-state index in [1.165, 1.54) is 10.1 Å². The quantitative estimate of drug-likeness (QED) is 0.480. The Morgan fingerprint density at radius 2 is 1.92 bits per heavy atom. The van der Waals surface area contributed by atoms with Gasteiger partial charge in [-0.25, -0.2) is 0 Å². The standard InChI is InChI=1S/C26H34N8O2/c1-26(2,3)18-33(25-30-22(17-27)29-23-9-12-28-34(23)25)31-24(35)21-7-5-19(6-8-21)20-10-13-32(14-11-20)15-16-36-4/h5-9,12,20H,10-11,13-16,18H2,1-4H3,(H,31,35). The number of nitriles is 1. The molecule has 1 fully saturated rings. The molecular weight excluding hydrogens is 456 g/mol. The molecule has 10 nitrogen and oxygen atoms in total. The van der Waals surface area contributed by atoms with Crippen molar-refractivity contribution in [2.45, 2.75) is 39.5 Å². The minimum Gasteiger partial charge on any atom is -0.383 e. The summed E-state index contributed by atoms with van der Waals surface area (Å²) in [5.41, 5.74) is 5.11. The van der Waals surface area contributed by atoms with Crippen molar-refractivity contribution in [3.63, 3.8) is 0 Å². The second-order valence-electron chi connectivity index (χ2n) is 10.4. The number of aromatic nitrogens is 4. The Bertz CT molecular complexity index is 1220. The van der Waals surface area contributed by atoms with Crippen LogP contribution in [0, 0.1) is 16.7 Å². The molecule has 1 amide bonds. The SMILES string of the molecule is COCCN1CCC(c2ccc(C(=O)NN(CC(C)(C)C)c3nc(C#N)nc4ccnn34)cc2)CC1. The fourth-order valence-corrected chi connectivity index (χ4v) is 4.47. The maximum Gasteiger partial charge on any atom is 0.269 e. The molecule has 1 aliphatic rings. The zero-order chi connectivity index (χ0) is 25.7. The number of likely N-dealkylation sites (tertiary alicyclic amines) is 1. The number of hydrazine groups is 1. The van der Waals surface area contributed by atoms with E-state index in [1.807, 2.05) is 18.2 Å². The van der Waals surface area contributed by atoms with E-state index in [4.69, 9.17) is 4.74 Å². The first-order valence-corrected chi connectivity index (χ1v) is 12.3. The molecule has 0 aliphatic carbocycles. The first kappa shape index (κ1) is 25.5. The van der Waals surface area contributed by atoms with Crippen molar-refractivity contribution in [1.82, 2.24) is 29.9 Å². The summed E-state index contributed by atoms with van der Waals surface area (Å²) < 4.78 is 6.72. The summed E-state index contributed by atoms with van der Waals surface area (Å²) in [7, 11) is 1.74. The molecular formula is C26H34N8O2. The summed E-state index contributed by atoms with van der Waals surface area (Å²) in [5.74, 6) is 0.597. The molecule has 3 heterocycles. The van der Waals surface area contributed by atoms with Crippen LogP contribution in [-0.2, 0) is 4.74 Å². The van der Waals surface area contributed by atoms with Crippen LogP contribution in [0.25, 0.3) is 5.65 Å². The van der Waals surface area contributed by atoms with Gasteiger partial charge in [0.2, 0.25) is 11.8 Å². The number of rotatable bonds is 8. The van der Waals surface area contributed by atoms with Crippen LogP contribution in [0.5, 0.6) is 0 Å². The van der Waals surface area contributed by atoms with Gasteiger partial charge in [-0.1, -0.05) is 32.9 Å². The van der Waals surface area contributed by atoms with Crippen LogP contribution in [0.15, 0.2) is 36.5 Å². The molecule has 10 heteroatoms. The second kappa shape index (κ2) is 11.0. The number of benzene rings is 1. The highest BCUT2D eigenvalue weighted by Crippen LogP contribution is 2.28. The number of anilines is 1. The van der Waals surface area contributed by atoms with E-state index < -0.39 is 0 Å². The van der Waals surface area contributed by atoms with Crippen LogP contribution in [-0.4, -0.2) is 70.3 Å². The molecule has 1 N–H and O–H groups in total. The number of hydrogen-bond acceptors (Lipinski definition) is 8. The number of nitrogens with one attached hydrogen (secondary N) is 1. The minimum absolute atomic E-state index is 0.0174. The number of methoxy groups -OCH3 is 1. The minimum atomic E-state index is -0.252. The van der Waals surface area contributed by atoms with Gasteiger partial charge in [0.1, 0.15) is 6.07 Å². The van der Waals surface area contributed by atoms with Gasteiger partial charge in [-0.05, 0) is 55.0 Å². The summed E-state index contributed by atoms with van der Waals surface area (Å²) in [5, 5.41) is 15.3. The van der Waals surface area contributed by atoms with E-state index in [0.717, 1.165) is 39.1 Å². The lowest BCUT2D eigenvalue weighted by atomic mass is 9.89. The lowest BCUT2D eigenvalue weighted by Crippen LogP contribution is -2.48. The summed E-state index contributed by atoms with van der Waals surface area (Å²) >= 11 is 0. The Labute approximate surface area is 211 Å². The lowest BCUT2D eigenvalue weighted by Gasteiger charge is -2.32. The van der Waals surface area contributed by atoms with Crippen molar-refractivity contribution in [3.05, 3.63) is 53.5 Å². The predicted molar refractivity (Wildman–Crippen MR) is 136 cm³/mol. The zero-order valence-corrected chi connectivity index (χ0v) is 21.4. The second-order valence-corrected chi connectivity index (χ2v) is 10.4. The molecule has 190 valence electrons. The average molecular weight is 491 g/mol. The number of carbonyl (C=O) groups is 1. The maximum atomic E-state index is 13.3. The first-order chi connectivity index (χ1) is 17.3. The van der Waals surface area contributed by atoms with Gasteiger partial charge >= 0.3 is 0 Å². The average Bonchev–Trinajstić information content (AvgIpc) is 3.35. The van der Waals surface area contributed by atoms with Crippen molar-refractivity contribution in [3.8, 4) is 6.07 Å². The number of ether oxygens (including phenoxy) is 1. The van der Waals surface area contributed by atoms with Gasteiger partial charge in [0.15, 0.2) is 5.65 Å². The molecule has 1 aliphatic heterocycles. The van der Waals surface area contributed by atoms with Gasteiger partial charge in [-0.15, -0.1) is 0 Å².